The zero-order chi connectivity index (χ0) is 19.1. The average molecular weight is 341 g/mol. The summed E-state index contributed by atoms with van der Waals surface area (Å²) in [6.07, 6.45) is 14.8. The zero-order valence-electron chi connectivity index (χ0n) is 15.5. The van der Waals surface area contributed by atoms with Gasteiger partial charge in [-0.3, -0.25) is 10.4 Å². The van der Waals surface area contributed by atoms with E-state index < -0.39 is 0 Å². The summed E-state index contributed by atoms with van der Waals surface area (Å²) < 4.78 is 0. The fraction of sp³-hybridized carbons (Fsp3) is 0.174. The van der Waals surface area contributed by atoms with E-state index >= 15 is 0 Å². The minimum absolute atomic E-state index is 0.304. The molecule has 0 atom stereocenters. The van der Waals surface area contributed by atoms with Crippen molar-refractivity contribution in [2.24, 2.45) is 0 Å². The second-order valence-corrected chi connectivity index (χ2v) is 5.63. The van der Waals surface area contributed by atoms with Crippen molar-refractivity contribution in [1.82, 2.24) is 9.97 Å². The number of aryl methyl sites for hydroxylation is 1. The predicted octanol–water partition coefficient (Wildman–Crippen LogP) is 5.22. The predicted molar refractivity (Wildman–Crippen MR) is 110 cm³/mol. The van der Waals surface area contributed by atoms with E-state index in [2.05, 4.69) is 29.6 Å². The maximum absolute atomic E-state index is 8.22. The van der Waals surface area contributed by atoms with Crippen LogP contribution in [-0.4, -0.2) is 15.7 Å². The SMILES string of the molecule is C#C/C=C\C(=N)c1nc2c(cc1C)C(=C)CC=C2c1ccncc1.CC. The smallest absolute Gasteiger partial charge is 0.0916 e. The molecular formula is C23H23N3. The molecule has 0 spiro atoms. The van der Waals surface area contributed by atoms with Crippen LogP contribution in [0.25, 0.3) is 11.1 Å². The second kappa shape index (κ2) is 8.73. The molecule has 1 aliphatic carbocycles. The minimum atomic E-state index is 0.304. The Balaban J connectivity index is 0.00000117. The van der Waals surface area contributed by atoms with Crippen LogP contribution >= 0.6 is 0 Å². The molecule has 0 saturated heterocycles. The van der Waals surface area contributed by atoms with Gasteiger partial charge in [0.15, 0.2) is 0 Å². The fourth-order valence-electron chi connectivity index (χ4n) is 2.79. The lowest BCUT2D eigenvalue weighted by Crippen LogP contribution is -2.10. The van der Waals surface area contributed by atoms with Crippen molar-refractivity contribution in [3.05, 3.63) is 83.5 Å². The summed E-state index contributed by atoms with van der Waals surface area (Å²) in [6.45, 7) is 10.1. The van der Waals surface area contributed by atoms with E-state index in [4.69, 9.17) is 16.8 Å². The molecule has 2 aromatic heterocycles. The highest BCUT2D eigenvalue weighted by Gasteiger charge is 2.20. The summed E-state index contributed by atoms with van der Waals surface area (Å²) >= 11 is 0. The third-order valence-corrected chi connectivity index (χ3v) is 3.99. The van der Waals surface area contributed by atoms with E-state index in [0.29, 0.717) is 11.4 Å². The first-order valence-corrected chi connectivity index (χ1v) is 8.64. The van der Waals surface area contributed by atoms with E-state index in [1.54, 1.807) is 18.5 Å². The largest absolute Gasteiger partial charge is 0.299 e. The van der Waals surface area contributed by atoms with Gasteiger partial charge in [0.2, 0.25) is 0 Å². The van der Waals surface area contributed by atoms with Gasteiger partial charge in [-0.15, -0.1) is 6.42 Å². The number of allylic oxidation sites excluding steroid dienone is 4. The van der Waals surface area contributed by atoms with E-state index in [1.807, 2.05) is 32.9 Å². The fourth-order valence-corrected chi connectivity index (χ4v) is 2.79. The number of rotatable bonds is 3. The van der Waals surface area contributed by atoms with Crippen molar-refractivity contribution in [1.29, 1.82) is 5.41 Å². The first kappa shape index (κ1) is 19.1. The van der Waals surface area contributed by atoms with Gasteiger partial charge in [-0.2, -0.15) is 0 Å². The molecule has 0 fully saturated rings. The third-order valence-electron chi connectivity index (χ3n) is 3.99. The highest BCUT2D eigenvalue weighted by Crippen LogP contribution is 2.36. The summed E-state index contributed by atoms with van der Waals surface area (Å²) in [4.78, 5) is 8.86. The molecule has 1 N–H and O–H groups in total. The van der Waals surface area contributed by atoms with Gasteiger partial charge in [-0.05, 0) is 60.4 Å². The summed E-state index contributed by atoms with van der Waals surface area (Å²) in [5.41, 5.74) is 6.93. The maximum Gasteiger partial charge on any atom is 0.0916 e. The number of nitrogens with zero attached hydrogens (tertiary/aromatic N) is 2. The van der Waals surface area contributed by atoms with E-state index in [0.717, 1.165) is 40.0 Å². The van der Waals surface area contributed by atoms with Gasteiger partial charge in [0.25, 0.3) is 0 Å². The van der Waals surface area contributed by atoms with Crippen molar-refractivity contribution < 1.29 is 0 Å². The van der Waals surface area contributed by atoms with Crippen LogP contribution < -0.4 is 0 Å². The quantitative estimate of drug-likeness (QED) is 0.615. The van der Waals surface area contributed by atoms with Crippen molar-refractivity contribution in [3.63, 3.8) is 0 Å². The summed E-state index contributed by atoms with van der Waals surface area (Å²) in [5, 5.41) is 8.22. The van der Waals surface area contributed by atoms with Crippen LogP contribution in [0.15, 0.2) is 55.4 Å². The van der Waals surface area contributed by atoms with Gasteiger partial charge < -0.3 is 0 Å². The van der Waals surface area contributed by atoms with Gasteiger partial charge in [-0.25, -0.2) is 4.98 Å². The topological polar surface area (TPSA) is 49.6 Å². The Morgan fingerprint density at radius 2 is 2.00 bits per heavy atom. The molecule has 26 heavy (non-hydrogen) atoms. The Labute approximate surface area is 155 Å². The second-order valence-electron chi connectivity index (χ2n) is 5.63. The molecule has 0 radical (unpaired) electrons. The zero-order valence-corrected chi connectivity index (χ0v) is 15.5. The van der Waals surface area contributed by atoms with E-state index in [-0.39, 0.29) is 0 Å². The van der Waals surface area contributed by atoms with Gasteiger partial charge in [0, 0.05) is 23.5 Å². The molecule has 3 rings (SSSR count). The maximum atomic E-state index is 8.22. The van der Waals surface area contributed by atoms with Crippen molar-refractivity contribution in [3.8, 4) is 12.3 Å². The summed E-state index contributed by atoms with van der Waals surface area (Å²) in [5.74, 6) is 2.41. The first-order valence-electron chi connectivity index (χ1n) is 8.64. The number of aromatic nitrogens is 2. The molecule has 0 aromatic carbocycles. The molecule has 0 aliphatic heterocycles. The number of fused-ring (bicyclic) bond motifs is 1. The van der Waals surface area contributed by atoms with Crippen LogP contribution in [0.3, 0.4) is 0 Å². The van der Waals surface area contributed by atoms with Gasteiger partial charge in [0.1, 0.15) is 0 Å². The van der Waals surface area contributed by atoms with Crippen LogP contribution in [-0.2, 0) is 0 Å². The number of pyridine rings is 2. The Bertz CT molecular complexity index is 926. The van der Waals surface area contributed by atoms with Crippen LogP contribution in [0.4, 0.5) is 0 Å². The Morgan fingerprint density at radius 1 is 1.31 bits per heavy atom. The average Bonchev–Trinajstić information content (AvgIpc) is 2.68. The lowest BCUT2D eigenvalue weighted by atomic mass is 9.87. The Hall–Kier alpha value is -3.25. The molecule has 2 heterocycles. The van der Waals surface area contributed by atoms with Crippen molar-refractivity contribution in [2.75, 3.05) is 0 Å². The molecule has 1 aliphatic rings. The minimum Gasteiger partial charge on any atom is -0.299 e. The van der Waals surface area contributed by atoms with Gasteiger partial charge >= 0.3 is 0 Å². The summed E-state index contributed by atoms with van der Waals surface area (Å²) in [6, 6.07) is 6.00. The molecule has 2 aromatic rings. The standard InChI is InChI=1S/C21H17N3.C2H6/c1-4-5-6-19(22)20-15(3)13-18-14(2)7-8-17(21(18)24-20)16-9-11-23-12-10-16;1-2/h1,5-6,8-13,22H,2,7H2,3H3;1-2H3/b6-5-,22-19?;. The normalized spacial score (nSPS) is 12.5. The number of hydrogen-bond donors (Lipinski definition) is 1. The lowest BCUT2D eigenvalue weighted by molar-refractivity contribution is 1.15. The molecule has 0 unspecified atom stereocenters. The molecule has 130 valence electrons. The lowest BCUT2D eigenvalue weighted by Gasteiger charge is -2.21. The number of nitrogens with one attached hydrogen (secondary N) is 1. The number of hydrogen-bond acceptors (Lipinski definition) is 3. The monoisotopic (exact) mass is 341 g/mol. The van der Waals surface area contributed by atoms with Gasteiger partial charge in [0.05, 0.1) is 17.1 Å². The highest BCUT2D eigenvalue weighted by molar-refractivity contribution is 6.07. The first-order chi connectivity index (χ1) is 12.6. The molecule has 3 heteroatoms. The van der Waals surface area contributed by atoms with Crippen LogP contribution in [0.1, 0.15) is 48.3 Å². The molecule has 0 amide bonds. The van der Waals surface area contributed by atoms with Gasteiger partial charge in [-0.1, -0.05) is 32.4 Å². The van der Waals surface area contributed by atoms with Crippen LogP contribution in [0.2, 0.25) is 0 Å². The van der Waals surface area contributed by atoms with Crippen LogP contribution in [0, 0.1) is 24.7 Å². The molecule has 0 bridgehead atoms. The highest BCUT2D eigenvalue weighted by atomic mass is 14.8. The van der Waals surface area contributed by atoms with Crippen molar-refractivity contribution in [2.45, 2.75) is 27.2 Å². The van der Waals surface area contributed by atoms with Crippen LogP contribution in [0.5, 0.6) is 0 Å². The summed E-state index contributed by atoms with van der Waals surface area (Å²) in [7, 11) is 0. The van der Waals surface area contributed by atoms with E-state index in [9.17, 15) is 0 Å². The Morgan fingerprint density at radius 3 is 2.65 bits per heavy atom. The Kier molecular flexibility index (Phi) is 6.41. The molecule has 3 nitrogen and oxygen atoms in total. The molecular weight excluding hydrogens is 318 g/mol. The van der Waals surface area contributed by atoms with E-state index in [1.165, 1.54) is 6.08 Å². The van der Waals surface area contributed by atoms with Crippen molar-refractivity contribution >= 4 is 16.9 Å². The molecule has 0 saturated carbocycles. The number of terminal acetylenes is 1. The third kappa shape index (κ3) is 3.87.